The number of benzene rings is 2. The maximum atomic E-state index is 10.3. The van der Waals surface area contributed by atoms with Gasteiger partial charge in [-0.25, -0.2) is 9.98 Å². The van der Waals surface area contributed by atoms with Gasteiger partial charge >= 0.3 is 0 Å². The Kier molecular flexibility index (Phi) is 3.11. The zero-order chi connectivity index (χ0) is 16.1. The van der Waals surface area contributed by atoms with E-state index < -0.39 is 6.17 Å². The van der Waals surface area contributed by atoms with Gasteiger partial charge in [-0.1, -0.05) is 35.3 Å². The number of nitrogens with two attached hydrogens (primary N) is 1. The van der Waals surface area contributed by atoms with Gasteiger partial charge in [-0.2, -0.15) is 0 Å². The van der Waals surface area contributed by atoms with Crippen LogP contribution in [0.15, 0.2) is 41.4 Å². The molecule has 3 aromatic rings. The Hall–Kier alpha value is -2.44. The van der Waals surface area contributed by atoms with Gasteiger partial charge in [0.05, 0.1) is 16.1 Å². The minimum atomic E-state index is -0.616. The third-order valence-electron chi connectivity index (χ3n) is 3.68. The van der Waals surface area contributed by atoms with Gasteiger partial charge in [-0.05, 0) is 24.3 Å². The standard InChI is InChI=1S/C15H11Cl2N5O/c16-7-5-8(12(23)9(17)6-7)13-20-14(18)21-15-19-10-3-1-2-4-11(10)22(13)15/h1-6,13,23H,(H3,18,19,20,21)/t13-/m1/s1. The van der Waals surface area contributed by atoms with Crippen molar-refractivity contribution >= 4 is 46.1 Å². The van der Waals surface area contributed by atoms with Crippen molar-refractivity contribution in [3.05, 3.63) is 52.0 Å². The second-order valence-electron chi connectivity index (χ2n) is 5.13. The number of halogens is 2. The number of hydrogen-bond acceptors (Lipinski definition) is 5. The lowest BCUT2D eigenvalue weighted by atomic mass is 10.1. The highest BCUT2D eigenvalue weighted by molar-refractivity contribution is 6.35. The number of nitrogens with zero attached hydrogens (tertiary/aromatic N) is 3. The smallest absolute Gasteiger partial charge is 0.212 e. The molecule has 4 rings (SSSR count). The van der Waals surface area contributed by atoms with Gasteiger partial charge < -0.3 is 10.8 Å². The van der Waals surface area contributed by atoms with E-state index >= 15 is 0 Å². The van der Waals surface area contributed by atoms with Crippen LogP contribution in [0.5, 0.6) is 5.75 Å². The number of rotatable bonds is 1. The van der Waals surface area contributed by atoms with Crippen molar-refractivity contribution < 1.29 is 5.11 Å². The number of phenolic OH excluding ortho intramolecular Hbond substituents is 1. The molecular formula is C15H11Cl2N5O. The Morgan fingerprint density at radius 1 is 1.22 bits per heavy atom. The van der Waals surface area contributed by atoms with Gasteiger partial charge in [0.1, 0.15) is 5.75 Å². The van der Waals surface area contributed by atoms with Gasteiger partial charge in [-0.3, -0.25) is 9.88 Å². The summed E-state index contributed by atoms with van der Waals surface area (Å²) in [5.41, 5.74) is 7.96. The average molecular weight is 348 g/mol. The third-order valence-corrected chi connectivity index (χ3v) is 4.18. The number of fused-ring (bicyclic) bond motifs is 3. The highest BCUT2D eigenvalue weighted by Crippen LogP contribution is 2.40. The Morgan fingerprint density at radius 2 is 2.00 bits per heavy atom. The van der Waals surface area contributed by atoms with Crippen LogP contribution in [0.2, 0.25) is 10.0 Å². The molecule has 6 nitrogen and oxygen atoms in total. The zero-order valence-corrected chi connectivity index (χ0v) is 13.2. The quantitative estimate of drug-likeness (QED) is 0.629. The largest absolute Gasteiger partial charge is 0.506 e. The summed E-state index contributed by atoms with van der Waals surface area (Å²) < 4.78 is 1.84. The van der Waals surface area contributed by atoms with E-state index in [1.165, 1.54) is 6.07 Å². The molecule has 23 heavy (non-hydrogen) atoms. The number of guanidine groups is 1. The Morgan fingerprint density at radius 3 is 2.83 bits per heavy atom. The van der Waals surface area contributed by atoms with Crippen LogP contribution in [0.3, 0.4) is 0 Å². The van der Waals surface area contributed by atoms with Crippen molar-refractivity contribution in [1.82, 2.24) is 9.55 Å². The Labute approximate surface area is 141 Å². The van der Waals surface area contributed by atoms with Gasteiger partial charge in [-0.15, -0.1) is 0 Å². The molecule has 0 amide bonds. The topological polar surface area (TPSA) is 88.5 Å². The molecule has 2 heterocycles. The number of para-hydroxylation sites is 2. The summed E-state index contributed by atoms with van der Waals surface area (Å²) >= 11 is 12.1. The minimum absolute atomic E-state index is 0.0803. The molecule has 1 aromatic heterocycles. The SMILES string of the molecule is NC1=N[C@@H](c2cc(Cl)cc(Cl)c2O)n2c(nc3ccccc32)N1. The first-order chi connectivity index (χ1) is 11.0. The maximum Gasteiger partial charge on any atom is 0.212 e. The van der Waals surface area contributed by atoms with Crippen LogP contribution in [0, 0.1) is 0 Å². The van der Waals surface area contributed by atoms with Gasteiger partial charge in [0.25, 0.3) is 0 Å². The third kappa shape index (κ3) is 2.18. The summed E-state index contributed by atoms with van der Waals surface area (Å²) in [4.78, 5) is 8.89. The predicted molar refractivity (Wildman–Crippen MR) is 91.2 cm³/mol. The molecule has 0 saturated heterocycles. The first kappa shape index (κ1) is 14.2. The maximum absolute atomic E-state index is 10.3. The molecule has 0 unspecified atom stereocenters. The Balaban J connectivity index is 2.01. The molecule has 4 N–H and O–H groups in total. The first-order valence-electron chi connectivity index (χ1n) is 6.80. The summed E-state index contributed by atoms with van der Waals surface area (Å²) in [5, 5.41) is 13.8. The predicted octanol–water partition coefficient (Wildman–Crippen LogP) is 3.34. The molecule has 8 heteroatoms. The molecule has 0 aliphatic carbocycles. The molecule has 0 fully saturated rings. The van der Waals surface area contributed by atoms with Crippen molar-refractivity contribution in [1.29, 1.82) is 0 Å². The summed E-state index contributed by atoms with van der Waals surface area (Å²) in [7, 11) is 0. The highest BCUT2D eigenvalue weighted by atomic mass is 35.5. The van der Waals surface area contributed by atoms with Crippen molar-refractivity contribution in [3.8, 4) is 5.75 Å². The van der Waals surface area contributed by atoms with E-state index in [-0.39, 0.29) is 16.7 Å². The van der Waals surface area contributed by atoms with Crippen molar-refractivity contribution in [2.75, 3.05) is 5.32 Å². The fourth-order valence-corrected chi connectivity index (χ4v) is 3.22. The minimum Gasteiger partial charge on any atom is -0.506 e. The number of anilines is 1. The molecule has 1 atom stereocenters. The fraction of sp³-hybridized carbons (Fsp3) is 0.0667. The second-order valence-corrected chi connectivity index (χ2v) is 5.98. The van der Waals surface area contributed by atoms with E-state index in [0.717, 1.165) is 11.0 Å². The Bertz CT molecular complexity index is 966. The van der Waals surface area contributed by atoms with Gasteiger partial charge in [0.15, 0.2) is 12.1 Å². The number of nitrogens with one attached hydrogen (secondary N) is 1. The average Bonchev–Trinajstić information content (AvgIpc) is 2.88. The number of phenols is 1. The zero-order valence-electron chi connectivity index (χ0n) is 11.7. The van der Waals surface area contributed by atoms with Gasteiger partial charge in [0.2, 0.25) is 5.95 Å². The van der Waals surface area contributed by atoms with Crippen LogP contribution < -0.4 is 11.1 Å². The molecule has 2 aromatic carbocycles. The number of hydrogen-bond donors (Lipinski definition) is 3. The molecule has 0 bridgehead atoms. The van der Waals surface area contributed by atoms with E-state index in [2.05, 4.69) is 15.3 Å². The van der Waals surface area contributed by atoms with Crippen LogP contribution in [-0.4, -0.2) is 20.6 Å². The van der Waals surface area contributed by atoms with E-state index in [1.54, 1.807) is 6.07 Å². The van der Waals surface area contributed by atoms with Crippen LogP contribution in [-0.2, 0) is 0 Å². The lowest BCUT2D eigenvalue weighted by Crippen LogP contribution is -2.31. The normalized spacial score (nSPS) is 16.8. The van der Waals surface area contributed by atoms with Crippen LogP contribution in [0.4, 0.5) is 5.95 Å². The van der Waals surface area contributed by atoms with Crippen molar-refractivity contribution in [2.24, 2.45) is 10.7 Å². The van der Waals surface area contributed by atoms with E-state index in [9.17, 15) is 5.11 Å². The van der Waals surface area contributed by atoms with Crippen molar-refractivity contribution in [3.63, 3.8) is 0 Å². The molecular weight excluding hydrogens is 337 g/mol. The summed E-state index contributed by atoms with van der Waals surface area (Å²) in [6.07, 6.45) is -0.616. The fourth-order valence-electron chi connectivity index (χ4n) is 2.71. The first-order valence-corrected chi connectivity index (χ1v) is 7.55. The number of imidazole rings is 1. The number of aliphatic imine (C=N–C) groups is 1. The molecule has 0 radical (unpaired) electrons. The summed E-state index contributed by atoms with van der Waals surface area (Å²) in [6.45, 7) is 0. The van der Waals surface area contributed by atoms with Crippen LogP contribution >= 0.6 is 23.2 Å². The monoisotopic (exact) mass is 347 g/mol. The molecule has 1 aliphatic heterocycles. The molecule has 116 valence electrons. The van der Waals surface area contributed by atoms with Gasteiger partial charge in [0, 0.05) is 10.6 Å². The van der Waals surface area contributed by atoms with Crippen molar-refractivity contribution in [2.45, 2.75) is 6.17 Å². The van der Waals surface area contributed by atoms with Crippen LogP contribution in [0.1, 0.15) is 11.7 Å². The van der Waals surface area contributed by atoms with E-state index in [1.807, 2.05) is 28.8 Å². The van der Waals surface area contributed by atoms with E-state index in [0.29, 0.717) is 16.5 Å². The van der Waals surface area contributed by atoms with Crippen LogP contribution in [0.25, 0.3) is 11.0 Å². The second kappa shape index (κ2) is 5.04. The summed E-state index contributed by atoms with van der Waals surface area (Å²) in [5.74, 6) is 0.663. The summed E-state index contributed by atoms with van der Waals surface area (Å²) in [6, 6.07) is 10.7. The van der Waals surface area contributed by atoms with E-state index in [4.69, 9.17) is 28.9 Å². The molecule has 0 spiro atoms. The number of aromatic hydroxyl groups is 1. The number of aromatic nitrogens is 2. The molecule has 0 saturated carbocycles. The molecule has 1 aliphatic rings. The highest BCUT2D eigenvalue weighted by Gasteiger charge is 2.28. The lowest BCUT2D eigenvalue weighted by Gasteiger charge is -2.24. The lowest BCUT2D eigenvalue weighted by molar-refractivity contribution is 0.456.